The zero-order valence-corrected chi connectivity index (χ0v) is 7.52. The first-order valence-corrected chi connectivity index (χ1v) is 4.08. The summed E-state index contributed by atoms with van der Waals surface area (Å²) in [5.74, 6) is -3.24. The van der Waals surface area contributed by atoms with Crippen molar-refractivity contribution in [1.82, 2.24) is 0 Å². The third kappa shape index (κ3) is 1.06. The third-order valence-corrected chi connectivity index (χ3v) is 2.02. The zero-order chi connectivity index (χ0) is 9.69. The van der Waals surface area contributed by atoms with Gasteiger partial charge in [-0.25, -0.2) is 0 Å². The highest BCUT2D eigenvalue weighted by Gasteiger charge is 2.68. The quantitative estimate of drug-likeness (QED) is 0.600. The van der Waals surface area contributed by atoms with Gasteiger partial charge in [0, 0.05) is 0 Å². The van der Waals surface area contributed by atoms with E-state index in [1.54, 1.807) is 13.8 Å². The Kier molecular flexibility index (Phi) is 1.77. The summed E-state index contributed by atoms with van der Waals surface area (Å²) in [5, 5.41) is 9.84. The van der Waals surface area contributed by atoms with Gasteiger partial charge in [-0.2, -0.15) is 0 Å². The van der Waals surface area contributed by atoms with Crippen LogP contribution in [-0.2, 0) is 18.9 Å². The molecule has 0 aromatic rings. The second-order valence-electron chi connectivity index (χ2n) is 3.06. The van der Waals surface area contributed by atoms with Gasteiger partial charge in [0.1, 0.15) is 0 Å². The van der Waals surface area contributed by atoms with Gasteiger partial charge in [-0.15, -0.1) is 0 Å². The second kappa shape index (κ2) is 2.52. The van der Waals surface area contributed by atoms with Crippen LogP contribution in [0.4, 0.5) is 0 Å². The van der Waals surface area contributed by atoms with E-state index in [1.165, 1.54) is 6.08 Å². The molecule has 5 nitrogen and oxygen atoms in total. The molecule has 2 atom stereocenters. The normalized spacial score (nSPS) is 55.0. The lowest BCUT2D eigenvalue weighted by molar-refractivity contribution is -0.560. The van der Waals surface area contributed by atoms with E-state index in [9.17, 15) is 5.11 Å². The monoisotopic (exact) mass is 188 g/mol. The van der Waals surface area contributed by atoms with Crippen LogP contribution in [0, 0.1) is 0 Å². The average molecular weight is 188 g/mol. The van der Waals surface area contributed by atoms with E-state index < -0.39 is 24.3 Å². The number of hydrogen-bond acceptors (Lipinski definition) is 5. The molecule has 0 saturated carbocycles. The number of aliphatic hydroxyl groups is 1. The molecule has 0 radical (unpaired) electrons. The molecule has 13 heavy (non-hydrogen) atoms. The zero-order valence-electron chi connectivity index (χ0n) is 7.52. The largest absolute Gasteiger partial charge is 0.356 e. The molecule has 2 heterocycles. The van der Waals surface area contributed by atoms with Gasteiger partial charge in [0.15, 0.2) is 12.6 Å². The van der Waals surface area contributed by atoms with Crippen molar-refractivity contribution in [1.29, 1.82) is 0 Å². The molecule has 2 saturated heterocycles. The van der Waals surface area contributed by atoms with E-state index in [0.717, 1.165) is 0 Å². The maximum atomic E-state index is 9.84. The predicted molar refractivity (Wildman–Crippen MR) is 41.1 cm³/mol. The van der Waals surface area contributed by atoms with Crippen LogP contribution in [0.3, 0.4) is 0 Å². The van der Waals surface area contributed by atoms with Crippen LogP contribution >= 0.6 is 0 Å². The van der Waals surface area contributed by atoms with Gasteiger partial charge in [0.25, 0.3) is 5.79 Å². The fourth-order valence-electron chi connectivity index (χ4n) is 1.50. The van der Waals surface area contributed by atoms with Crippen molar-refractivity contribution in [2.45, 2.75) is 38.2 Å². The molecular weight excluding hydrogens is 176 g/mol. The Morgan fingerprint density at radius 3 is 2.00 bits per heavy atom. The molecule has 2 unspecified atom stereocenters. The lowest BCUT2D eigenvalue weighted by Crippen LogP contribution is -2.64. The standard InChI is InChI=1S/C8H12O5/c1-4-7(9)8(11-5(2)10-7)12-6(3)13-8/h4-6,9H,1H2,2-3H3. The second-order valence-corrected chi connectivity index (χ2v) is 3.06. The molecule has 1 N–H and O–H groups in total. The summed E-state index contributed by atoms with van der Waals surface area (Å²) in [6.07, 6.45) is 0.207. The van der Waals surface area contributed by atoms with Gasteiger partial charge >= 0.3 is 5.97 Å². The maximum Gasteiger partial charge on any atom is 0.351 e. The van der Waals surface area contributed by atoms with Gasteiger partial charge in [-0.3, -0.25) is 14.2 Å². The Morgan fingerprint density at radius 1 is 1.15 bits per heavy atom. The summed E-state index contributed by atoms with van der Waals surface area (Å²) in [7, 11) is 0. The minimum atomic E-state index is -1.72. The van der Waals surface area contributed by atoms with E-state index >= 15 is 0 Å². The number of hydrogen-bond donors (Lipinski definition) is 1. The Morgan fingerprint density at radius 2 is 1.62 bits per heavy atom. The van der Waals surface area contributed by atoms with Crippen molar-refractivity contribution >= 4 is 0 Å². The van der Waals surface area contributed by atoms with Crippen molar-refractivity contribution in [3.63, 3.8) is 0 Å². The van der Waals surface area contributed by atoms with E-state index in [4.69, 9.17) is 18.9 Å². The third-order valence-electron chi connectivity index (χ3n) is 2.02. The molecule has 0 aliphatic carbocycles. The Bertz CT molecular complexity index is 235. The van der Waals surface area contributed by atoms with E-state index in [0.29, 0.717) is 0 Å². The van der Waals surface area contributed by atoms with Crippen LogP contribution in [0.2, 0.25) is 0 Å². The highest BCUT2D eigenvalue weighted by molar-refractivity contribution is 5.01. The molecule has 74 valence electrons. The number of rotatable bonds is 1. The molecule has 2 aliphatic rings. The first kappa shape index (κ1) is 9.11. The fourth-order valence-corrected chi connectivity index (χ4v) is 1.50. The smallest absolute Gasteiger partial charge is 0.351 e. The summed E-state index contributed by atoms with van der Waals surface area (Å²) in [4.78, 5) is 0. The summed E-state index contributed by atoms with van der Waals surface area (Å²) in [5.41, 5.74) is 0. The van der Waals surface area contributed by atoms with E-state index in [1.807, 2.05) is 0 Å². The molecule has 2 rings (SSSR count). The molecule has 0 bridgehead atoms. The SMILES string of the molecule is C=CC1(O)OC(C)OC12OC(C)O2. The highest BCUT2D eigenvalue weighted by Crippen LogP contribution is 2.47. The van der Waals surface area contributed by atoms with Gasteiger partial charge in [0.05, 0.1) is 0 Å². The molecule has 0 aromatic carbocycles. The summed E-state index contributed by atoms with van der Waals surface area (Å²) < 4.78 is 20.6. The topological polar surface area (TPSA) is 57.2 Å². The Hall–Kier alpha value is -0.460. The Balaban J connectivity index is 2.23. The van der Waals surface area contributed by atoms with Gasteiger partial charge in [0.2, 0.25) is 0 Å². The highest BCUT2D eigenvalue weighted by atomic mass is 17.1. The molecule has 0 aromatic heterocycles. The fraction of sp³-hybridized carbons (Fsp3) is 0.750. The summed E-state index contributed by atoms with van der Waals surface area (Å²) in [6, 6.07) is 0. The van der Waals surface area contributed by atoms with Gasteiger partial charge in [-0.05, 0) is 19.9 Å². The first-order chi connectivity index (χ1) is 6.01. The van der Waals surface area contributed by atoms with Crippen molar-refractivity contribution in [3.8, 4) is 0 Å². The molecule has 2 fully saturated rings. The van der Waals surface area contributed by atoms with Crippen LogP contribution in [0.5, 0.6) is 0 Å². The molecule has 5 heteroatoms. The average Bonchev–Trinajstić information content (AvgIpc) is 2.24. The van der Waals surface area contributed by atoms with Crippen molar-refractivity contribution in [2.75, 3.05) is 0 Å². The minimum absolute atomic E-state index is 0.402. The maximum absolute atomic E-state index is 9.84. The van der Waals surface area contributed by atoms with Crippen LogP contribution < -0.4 is 0 Å². The van der Waals surface area contributed by atoms with Gasteiger partial charge in [-0.1, -0.05) is 6.58 Å². The lowest BCUT2D eigenvalue weighted by Gasteiger charge is -2.46. The number of ether oxygens (including phenoxy) is 4. The van der Waals surface area contributed by atoms with Crippen LogP contribution in [-0.4, -0.2) is 29.4 Å². The Labute approximate surface area is 75.8 Å². The summed E-state index contributed by atoms with van der Waals surface area (Å²) in [6.45, 7) is 6.77. The van der Waals surface area contributed by atoms with Crippen LogP contribution in [0.15, 0.2) is 12.7 Å². The van der Waals surface area contributed by atoms with Crippen LogP contribution in [0.25, 0.3) is 0 Å². The van der Waals surface area contributed by atoms with Crippen molar-refractivity contribution in [2.24, 2.45) is 0 Å². The molecule has 2 aliphatic heterocycles. The molecule has 0 amide bonds. The van der Waals surface area contributed by atoms with Gasteiger partial charge < -0.3 is 9.84 Å². The lowest BCUT2D eigenvalue weighted by atomic mass is 10.2. The predicted octanol–water partition coefficient (Wildman–Crippen LogP) is 0.300. The van der Waals surface area contributed by atoms with Crippen molar-refractivity contribution < 1.29 is 24.1 Å². The molecule has 1 spiro atoms. The van der Waals surface area contributed by atoms with E-state index in [2.05, 4.69) is 6.58 Å². The minimum Gasteiger partial charge on any atom is -0.356 e. The molecular formula is C8H12O5. The van der Waals surface area contributed by atoms with E-state index in [-0.39, 0.29) is 0 Å². The van der Waals surface area contributed by atoms with Crippen molar-refractivity contribution in [3.05, 3.63) is 12.7 Å². The summed E-state index contributed by atoms with van der Waals surface area (Å²) >= 11 is 0. The first-order valence-electron chi connectivity index (χ1n) is 4.08. The van der Waals surface area contributed by atoms with Crippen LogP contribution in [0.1, 0.15) is 13.8 Å².